The molecular weight excluding hydrogens is 663 g/mol. The molecule has 0 aliphatic carbocycles. The molecule has 48 heavy (non-hydrogen) atoms. The van der Waals surface area contributed by atoms with Crippen LogP contribution >= 0.6 is 11.3 Å². The summed E-state index contributed by atoms with van der Waals surface area (Å²) in [4.78, 5) is 43.4. The van der Waals surface area contributed by atoms with Gasteiger partial charge in [0, 0.05) is 21.6 Å². The first-order chi connectivity index (χ1) is 22.8. The van der Waals surface area contributed by atoms with E-state index >= 15 is 8.78 Å². The van der Waals surface area contributed by atoms with Crippen LogP contribution < -0.4 is 16.0 Å². The minimum Gasteiger partial charge on any atom is -0.497 e. The first-order valence-electron chi connectivity index (χ1n) is 13.9. The van der Waals surface area contributed by atoms with Crippen molar-refractivity contribution in [2.45, 2.75) is 25.7 Å². The molecule has 3 aromatic heterocycles. The molecule has 0 aliphatic rings. The number of alkyl halides is 3. The van der Waals surface area contributed by atoms with Gasteiger partial charge in [-0.15, -0.1) is 11.3 Å². The predicted molar refractivity (Wildman–Crippen MR) is 163 cm³/mol. The number of Topliss-reactive ketones (excluding diaryl/α,β-unsaturated/α-hetero) is 1. The van der Waals surface area contributed by atoms with Crippen LogP contribution in [0.15, 0.2) is 80.8 Å². The van der Waals surface area contributed by atoms with Crippen molar-refractivity contribution in [3.8, 4) is 34.3 Å². The number of carbonyl (C=O) groups excluding carboxylic acids is 1. The van der Waals surface area contributed by atoms with Crippen LogP contribution in [0.1, 0.15) is 20.8 Å². The van der Waals surface area contributed by atoms with Gasteiger partial charge in [0.05, 0.1) is 32.0 Å². The van der Waals surface area contributed by atoms with Gasteiger partial charge in [-0.2, -0.15) is 18.2 Å². The van der Waals surface area contributed by atoms with Crippen LogP contribution in [0.3, 0.4) is 0 Å². The molecule has 0 unspecified atom stereocenters. The van der Waals surface area contributed by atoms with Crippen molar-refractivity contribution in [1.82, 2.24) is 19.3 Å². The molecular formula is C32H21F5N4O6S. The molecule has 6 rings (SSSR count). The molecule has 0 saturated heterocycles. The lowest BCUT2D eigenvalue weighted by atomic mass is 9.97. The van der Waals surface area contributed by atoms with Crippen LogP contribution in [0.4, 0.5) is 22.0 Å². The van der Waals surface area contributed by atoms with Crippen molar-refractivity contribution in [1.29, 1.82) is 0 Å². The van der Waals surface area contributed by atoms with Gasteiger partial charge in [0.15, 0.2) is 5.78 Å². The van der Waals surface area contributed by atoms with E-state index in [-0.39, 0.29) is 43.2 Å². The maximum absolute atomic E-state index is 15.7. The average molecular weight is 685 g/mol. The quantitative estimate of drug-likeness (QED) is 0.146. The Balaban J connectivity index is 1.45. The number of hydrogen-bond acceptors (Lipinski definition) is 9. The van der Waals surface area contributed by atoms with Crippen molar-refractivity contribution < 1.29 is 41.1 Å². The Hall–Kier alpha value is -5.64. The van der Waals surface area contributed by atoms with Gasteiger partial charge in [-0.1, -0.05) is 29.4 Å². The number of methoxy groups -OCH3 is 1. The highest BCUT2D eigenvalue weighted by Crippen LogP contribution is 2.34. The van der Waals surface area contributed by atoms with Crippen LogP contribution in [0.25, 0.3) is 32.7 Å². The first-order valence-corrected chi connectivity index (χ1v) is 14.7. The zero-order chi connectivity index (χ0) is 34.3. The minimum atomic E-state index is -4.65. The molecule has 0 amide bonds. The first kappa shape index (κ1) is 32.3. The molecule has 10 nitrogen and oxygen atoms in total. The molecule has 1 N–H and O–H groups in total. The van der Waals surface area contributed by atoms with Crippen LogP contribution in [0, 0.1) is 11.6 Å². The Kier molecular flexibility index (Phi) is 8.43. The SMILES string of the molecule is COc1ccc(C(=O)Cn2c(=O)c3cc(CC(F)(F)F)sc3n(Cc3c(F)cc(-c4ccccc4-c4noc(O)n4)cc3F)c2=O)cc1. The highest BCUT2D eigenvalue weighted by molar-refractivity contribution is 7.18. The zero-order valence-corrected chi connectivity index (χ0v) is 25.4. The highest BCUT2D eigenvalue weighted by Gasteiger charge is 2.30. The van der Waals surface area contributed by atoms with Crippen molar-refractivity contribution in [2.24, 2.45) is 0 Å². The van der Waals surface area contributed by atoms with Gasteiger partial charge in [-0.3, -0.25) is 23.2 Å². The predicted octanol–water partition coefficient (Wildman–Crippen LogP) is 5.97. The molecule has 16 heteroatoms. The molecule has 0 fully saturated rings. The topological polar surface area (TPSA) is 129 Å². The molecule has 6 aromatic rings. The fourth-order valence-electron chi connectivity index (χ4n) is 5.15. The maximum atomic E-state index is 15.7. The molecule has 0 spiro atoms. The Morgan fingerprint density at radius 2 is 1.65 bits per heavy atom. The monoisotopic (exact) mass is 684 g/mol. The Morgan fingerprint density at radius 3 is 2.25 bits per heavy atom. The summed E-state index contributed by atoms with van der Waals surface area (Å²) >= 11 is 0.482. The Morgan fingerprint density at radius 1 is 0.979 bits per heavy atom. The van der Waals surface area contributed by atoms with Gasteiger partial charge in [-0.05, 0) is 53.6 Å². The molecule has 0 aliphatic heterocycles. The van der Waals surface area contributed by atoms with Gasteiger partial charge < -0.3 is 9.84 Å². The summed E-state index contributed by atoms with van der Waals surface area (Å²) in [6, 6.07) is 14.9. The summed E-state index contributed by atoms with van der Waals surface area (Å²) in [5.41, 5.74) is -2.13. The molecule has 3 aromatic carbocycles. The molecule has 0 atom stereocenters. The fourth-order valence-corrected chi connectivity index (χ4v) is 6.32. The number of carbonyl (C=O) groups is 1. The second kappa shape index (κ2) is 12.5. The van der Waals surface area contributed by atoms with Crippen molar-refractivity contribution in [3.63, 3.8) is 0 Å². The highest BCUT2D eigenvalue weighted by atomic mass is 32.1. The summed E-state index contributed by atoms with van der Waals surface area (Å²) < 4.78 is 82.3. The number of fused-ring (bicyclic) bond motifs is 1. The number of nitrogens with zero attached hydrogens (tertiary/aromatic N) is 4. The van der Waals surface area contributed by atoms with Crippen LogP contribution in [0.2, 0.25) is 0 Å². The number of benzene rings is 3. The number of thiophene rings is 1. The zero-order valence-electron chi connectivity index (χ0n) is 24.5. The third-order valence-corrected chi connectivity index (χ3v) is 8.54. The lowest BCUT2D eigenvalue weighted by molar-refractivity contribution is -0.126. The van der Waals surface area contributed by atoms with E-state index in [1.807, 2.05) is 0 Å². The molecule has 246 valence electrons. The van der Waals surface area contributed by atoms with Crippen LogP contribution in [-0.2, 0) is 19.5 Å². The summed E-state index contributed by atoms with van der Waals surface area (Å²) in [7, 11) is 1.42. The maximum Gasteiger partial charge on any atom is 0.415 e. The van der Waals surface area contributed by atoms with Gasteiger partial charge in [0.2, 0.25) is 5.82 Å². The number of ketones is 1. The average Bonchev–Trinajstić information content (AvgIpc) is 3.67. The largest absolute Gasteiger partial charge is 0.497 e. The summed E-state index contributed by atoms with van der Waals surface area (Å²) in [5, 5.41) is 12.8. The van der Waals surface area contributed by atoms with Gasteiger partial charge in [0.1, 0.15) is 22.2 Å². The number of halogens is 5. The standard InChI is InChI=1S/C32H21F5N4O6S/c1-46-18-8-6-16(7-9-18)26(42)15-40-28(43)22-12-19(13-32(35,36)37)48-29(22)41(31(40)45)14-23-24(33)10-17(11-25(23)34)20-4-2-3-5-21(20)27-38-30(44)47-39-27/h2-12H,13-15H2,1H3,(H,38,39,44). The summed E-state index contributed by atoms with van der Waals surface area (Å²) in [6.07, 6.45) is -6.79. The fraction of sp³-hybridized carbons (Fsp3) is 0.156. The van der Waals surface area contributed by atoms with E-state index in [2.05, 4.69) is 14.7 Å². The van der Waals surface area contributed by atoms with Crippen LogP contribution in [0.5, 0.6) is 11.8 Å². The van der Waals surface area contributed by atoms with E-state index in [9.17, 15) is 32.7 Å². The van der Waals surface area contributed by atoms with Crippen molar-refractivity contribution in [3.05, 3.63) is 115 Å². The third-order valence-electron chi connectivity index (χ3n) is 7.39. The van der Waals surface area contributed by atoms with E-state index in [0.29, 0.717) is 21.7 Å². The van der Waals surface area contributed by atoms with E-state index < -0.39 is 66.0 Å². The normalized spacial score (nSPS) is 11.7. The summed E-state index contributed by atoms with van der Waals surface area (Å²) in [5.74, 6) is -2.52. The molecule has 0 bridgehead atoms. The van der Waals surface area contributed by atoms with E-state index in [1.54, 1.807) is 12.1 Å². The molecule has 0 radical (unpaired) electrons. The number of aromatic nitrogens is 4. The van der Waals surface area contributed by atoms with Gasteiger partial charge in [-0.25, -0.2) is 13.6 Å². The van der Waals surface area contributed by atoms with Crippen molar-refractivity contribution >= 4 is 27.3 Å². The van der Waals surface area contributed by atoms with Crippen molar-refractivity contribution in [2.75, 3.05) is 7.11 Å². The summed E-state index contributed by atoms with van der Waals surface area (Å²) in [6.45, 7) is -1.62. The van der Waals surface area contributed by atoms with Gasteiger partial charge >= 0.3 is 17.9 Å². The van der Waals surface area contributed by atoms with E-state index in [0.717, 1.165) is 22.8 Å². The minimum absolute atomic E-state index is 0.0322. The van der Waals surface area contributed by atoms with E-state index in [4.69, 9.17) is 4.74 Å². The second-order valence-corrected chi connectivity index (χ2v) is 11.6. The number of ether oxygens (including phenoxy) is 1. The molecule has 0 saturated carbocycles. The lowest BCUT2D eigenvalue weighted by Crippen LogP contribution is -2.41. The smallest absolute Gasteiger partial charge is 0.415 e. The number of aromatic hydroxyl groups is 1. The Bertz CT molecular complexity index is 2280. The Labute approximate surface area is 269 Å². The second-order valence-electron chi connectivity index (χ2n) is 10.5. The number of hydrogen-bond donors (Lipinski definition) is 1. The lowest BCUT2D eigenvalue weighted by Gasteiger charge is -2.14. The van der Waals surface area contributed by atoms with E-state index in [1.165, 1.54) is 43.5 Å². The van der Waals surface area contributed by atoms with Gasteiger partial charge in [0.25, 0.3) is 5.56 Å². The van der Waals surface area contributed by atoms with Crippen LogP contribution in [-0.4, -0.2) is 43.5 Å². The number of rotatable bonds is 9. The molecule has 3 heterocycles. The third kappa shape index (κ3) is 6.33.